The number of quaternary nitrogens is 1. The second-order valence-electron chi connectivity index (χ2n) is 4.18. The Morgan fingerprint density at radius 3 is 1.77 bits per heavy atom. The van der Waals surface area contributed by atoms with Crippen molar-refractivity contribution in [3.63, 3.8) is 0 Å². The van der Waals surface area contributed by atoms with Gasteiger partial charge in [0.2, 0.25) is 0 Å². The van der Waals surface area contributed by atoms with E-state index in [2.05, 4.69) is 0 Å². The van der Waals surface area contributed by atoms with E-state index in [0.717, 1.165) is 0 Å². The maximum absolute atomic E-state index is 11.5. The van der Waals surface area contributed by atoms with Crippen molar-refractivity contribution in [2.75, 3.05) is 39.4 Å². The van der Waals surface area contributed by atoms with Gasteiger partial charge in [0.1, 0.15) is 19.8 Å². The molecule has 0 spiro atoms. The third kappa shape index (κ3) is 10.8. The van der Waals surface area contributed by atoms with Gasteiger partial charge in [-0.05, 0) is 0 Å². The van der Waals surface area contributed by atoms with Gasteiger partial charge in [-0.1, -0.05) is 0 Å². The summed E-state index contributed by atoms with van der Waals surface area (Å²) in [5.74, 6) is -4.50. The summed E-state index contributed by atoms with van der Waals surface area (Å²) in [6.45, 7) is -2.91. The number of aliphatic carboxylic acids is 2. The van der Waals surface area contributed by atoms with Crippen LogP contribution in [0, 0.1) is 0 Å². The average Bonchev–Trinajstić information content (AvgIpc) is 2.26. The van der Waals surface area contributed by atoms with Crippen LogP contribution in [0.4, 0.5) is 0 Å². The molecular weight excluding hydrogens is 354 g/mol. The molecule has 1 aliphatic rings. The van der Waals surface area contributed by atoms with Gasteiger partial charge in [-0.25, -0.2) is 14.4 Å². The van der Waals surface area contributed by atoms with Crippen molar-refractivity contribution >= 4 is 127 Å². The van der Waals surface area contributed by atoms with E-state index >= 15 is 0 Å². The third-order valence-corrected chi connectivity index (χ3v) is 2.47. The van der Waals surface area contributed by atoms with Gasteiger partial charge in [-0.2, -0.15) is 0 Å². The van der Waals surface area contributed by atoms with Gasteiger partial charge < -0.3 is 30.6 Å². The zero-order chi connectivity index (χ0) is 14.5. The van der Waals surface area contributed by atoms with E-state index in [1.54, 1.807) is 0 Å². The van der Waals surface area contributed by atoms with Crippen LogP contribution >= 0.6 is 0 Å². The summed E-state index contributed by atoms with van der Waals surface area (Å²) < 4.78 is 8.56. The van der Waals surface area contributed by atoms with Crippen molar-refractivity contribution in [2.45, 2.75) is 0 Å². The number of carbonyl (C=O) groups is 4. The zero-order valence-corrected chi connectivity index (χ0v) is 10.7. The first kappa shape index (κ1) is 27.9. The molecule has 12 heteroatoms. The standard InChI is InChI=1S/C10H13NO8.2K.H3N.2H/c12-7(13)3-11(4-8(14)15)5-9(16)18-1-2-19-10(17)6-11;;;;;/h1-6H2,(H-,12,13,14,15);;;1H3;;. The first-order valence-electron chi connectivity index (χ1n) is 5.41. The molecule has 1 saturated heterocycles. The molecule has 0 aromatic rings. The van der Waals surface area contributed by atoms with E-state index in [1.807, 2.05) is 0 Å². The van der Waals surface area contributed by atoms with Gasteiger partial charge in [-0.3, -0.25) is 4.48 Å². The summed E-state index contributed by atoms with van der Waals surface area (Å²) in [6.07, 6.45) is 0. The van der Waals surface area contributed by atoms with E-state index < -0.39 is 54.5 Å². The molecule has 0 unspecified atom stereocenters. The van der Waals surface area contributed by atoms with Gasteiger partial charge in [0.05, 0.1) is 5.97 Å². The fraction of sp³-hybridized carbons (Fsp3) is 0.600. The molecule has 0 amide bonds. The summed E-state index contributed by atoms with van der Waals surface area (Å²) in [4.78, 5) is 44.5. The number of nitrogens with zero attached hydrogens (tertiary/aromatic N) is 1. The van der Waals surface area contributed by atoms with Crippen molar-refractivity contribution in [3.05, 3.63) is 0 Å². The maximum atomic E-state index is 11.5. The van der Waals surface area contributed by atoms with Gasteiger partial charge in [0, 0.05) is 0 Å². The predicted molar refractivity (Wildman–Crippen MR) is 73.6 cm³/mol. The van der Waals surface area contributed by atoms with Crippen molar-refractivity contribution in [1.82, 2.24) is 6.15 Å². The van der Waals surface area contributed by atoms with Crippen molar-refractivity contribution < 1.29 is 43.3 Å². The summed E-state index contributed by atoms with van der Waals surface area (Å²) in [6, 6.07) is 0. The van der Waals surface area contributed by atoms with Crippen molar-refractivity contribution in [1.29, 1.82) is 0 Å². The quantitative estimate of drug-likeness (QED) is 0.281. The van der Waals surface area contributed by atoms with Crippen LogP contribution in [-0.4, -0.2) is 176 Å². The molecule has 1 rings (SSSR count). The molecule has 22 heavy (non-hydrogen) atoms. The Morgan fingerprint density at radius 2 is 1.45 bits per heavy atom. The topological polar surface area (TPSA) is 165 Å². The van der Waals surface area contributed by atoms with Crippen molar-refractivity contribution in [3.8, 4) is 0 Å². The van der Waals surface area contributed by atoms with Gasteiger partial charge in [0.25, 0.3) is 0 Å². The molecule has 0 saturated carbocycles. The number of hydrogen-bond donors (Lipinski definition) is 2. The molecule has 0 atom stereocenters. The minimum atomic E-state index is -1.57. The Hall–Kier alpha value is 1.07. The number of hydrogen-bond acceptors (Lipinski definition) is 8. The fourth-order valence-corrected chi connectivity index (χ4v) is 1.85. The molecule has 0 aromatic heterocycles. The van der Waals surface area contributed by atoms with Crippen molar-refractivity contribution in [2.24, 2.45) is 0 Å². The summed E-state index contributed by atoms with van der Waals surface area (Å²) in [7, 11) is 0. The van der Waals surface area contributed by atoms with Crippen LogP contribution < -0.4 is 11.3 Å². The van der Waals surface area contributed by atoms with Gasteiger partial charge in [-0.15, -0.1) is 0 Å². The molecule has 0 aromatic carbocycles. The van der Waals surface area contributed by atoms with E-state index in [-0.39, 0.29) is 122 Å². The summed E-state index contributed by atoms with van der Waals surface area (Å²) in [5.41, 5.74) is 0. The van der Waals surface area contributed by atoms with E-state index in [1.165, 1.54) is 0 Å². The number of rotatable bonds is 4. The number of carboxylic acid groups (broad SMARTS) is 2. The first-order chi connectivity index (χ1) is 8.83. The molecule has 1 heterocycles. The Morgan fingerprint density at radius 1 is 1.05 bits per heavy atom. The fourth-order valence-electron chi connectivity index (χ4n) is 1.85. The number of ether oxygens (including phenoxy) is 2. The average molecular weight is 372 g/mol. The van der Waals surface area contributed by atoms with Crippen LogP contribution in [-0.2, 0) is 28.7 Å². The molecule has 10 nitrogen and oxygen atoms in total. The van der Waals surface area contributed by atoms with Crippen LogP contribution in [0.25, 0.3) is 0 Å². The normalized spacial score (nSPS) is 16.7. The van der Waals surface area contributed by atoms with Crippen LogP contribution in [0.5, 0.6) is 0 Å². The van der Waals surface area contributed by atoms with E-state index in [9.17, 15) is 24.3 Å². The summed E-state index contributed by atoms with van der Waals surface area (Å²) in [5, 5.41) is 19.5. The second kappa shape index (κ2) is 13.4. The molecular formula is C10H18K2N2O8. The molecule has 0 aliphatic carbocycles. The monoisotopic (exact) mass is 372 g/mol. The SMILES string of the molecule is N.O=C([O-])C[N+]1(CC(=O)O)CC(=O)OCCOC(=O)C1.[KH].[KH]. The number of carbonyl (C=O) groups excluding carboxylic acids is 3. The van der Waals surface area contributed by atoms with Crippen LogP contribution in [0.15, 0.2) is 0 Å². The minimum absolute atomic E-state index is 0. The number of esters is 2. The second-order valence-corrected chi connectivity index (χ2v) is 4.18. The summed E-state index contributed by atoms with van der Waals surface area (Å²) >= 11 is 0. The van der Waals surface area contributed by atoms with Crippen LogP contribution in [0.2, 0.25) is 0 Å². The molecule has 0 bridgehead atoms. The molecule has 4 N–H and O–H groups in total. The molecule has 118 valence electrons. The van der Waals surface area contributed by atoms with E-state index in [4.69, 9.17) is 14.6 Å². The van der Waals surface area contributed by atoms with Gasteiger partial charge in [0.15, 0.2) is 19.6 Å². The molecule has 1 aliphatic heterocycles. The Bertz CT molecular complexity index is 380. The Kier molecular flexibility index (Phi) is 17.0. The Balaban J connectivity index is -0.00000120. The van der Waals surface area contributed by atoms with E-state index in [0.29, 0.717) is 0 Å². The number of carboxylic acids is 2. The predicted octanol–water partition coefficient (Wildman–Crippen LogP) is -4.40. The van der Waals surface area contributed by atoms with Crippen LogP contribution in [0.1, 0.15) is 0 Å². The zero-order valence-electron chi connectivity index (χ0n) is 10.7. The first-order valence-corrected chi connectivity index (χ1v) is 5.41. The third-order valence-electron chi connectivity index (χ3n) is 2.47. The number of cyclic esters (lactones) is 2. The van der Waals surface area contributed by atoms with Crippen LogP contribution in [0.3, 0.4) is 0 Å². The molecule has 0 radical (unpaired) electrons. The van der Waals surface area contributed by atoms with Gasteiger partial charge >= 0.3 is 121 Å². The molecule has 1 fully saturated rings. The Labute approximate surface area is 211 Å².